The third-order valence-electron chi connectivity index (χ3n) is 3.80. The fourth-order valence-corrected chi connectivity index (χ4v) is 2.43. The fourth-order valence-electron chi connectivity index (χ4n) is 2.43. The second-order valence-corrected chi connectivity index (χ2v) is 5.96. The first-order valence-corrected chi connectivity index (χ1v) is 8.21. The number of anilines is 2. The quantitative estimate of drug-likeness (QED) is 0.727. The molecule has 3 rings (SSSR count). The van der Waals surface area contributed by atoms with E-state index in [2.05, 4.69) is 25.4 Å². The van der Waals surface area contributed by atoms with Gasteiger partial charge in [0.05, 0.1) is 0 Å². The predicted molar refractivity (Wildman–Crippen MR) is 97.2 cm³/mol. The molecule has 3 aromatic rings. The lowest BCUT2D eigenvalue weighted by atomic mass is 10.2. The lowest BCUT2D eigenvalue weighted by Gasteiger charge is -2.19. The van der Waals surface area contributed by atoms with Crippen molar-refractivity contribution >= 4 is 17.5 Å². The number of aromatic nitrogens is 4. The fraction of sp³-hybridized carbons (Fsp3) is 0.278. The molecule has 26 heavy (non-hydrogen) atoms. The molecule has 0 saturated carbocycles. The van der Waals surface area contributed by atoms with Crippen LogP contribution in [0.5, 0.6) is 0 Å². The number of hydrogen-bond acceptors (Lipinski definition) is 7. The number of aryl methyl sites for hydroxylation is 2. The van der Waals surface area contributed by atoms with Crippen molar-refractivity contribution in [1.82, 2.24) is 20.1 Å². The zero-order valence-corrected chi connectivity index (χ0v) is 14.9. The van der Waals surface area contributed by atoms with Crippen molar-refractivity contribution in [2.45, 2.75) is 20.3 Å². The second kappa shape index (κ2) is 7.73. The van der Waals surface area contributed by atoms with Crippen LogP contribution in [-0.2, 0) is 6.42 Å². The number of hydrogen-bond donors (Lipinski definition) is 1. The van der Waals surface area contributed by atoms with Gasteiger partial charge in [-0.25, -0.2) is 9.97 Å². The maximum absolute atomic E-state index is 12.4. The predicted octanol–water partition coefficient (Wildman–Crippen LogP) is 2.41. The van der Waals surface area contributed by atoms with Crippen molar-refractivity contribution in [3.05, 3.63) is 59.5 Å². The third kappa shape index (κ3) is 4.41. The van der Waals surface area contributed by atoms with Crippen LogP contribution in [0.3, 0.4) is 0 Å². The second-order valence-electron chi connectivity index (χ2n) is 5.96. The molecule has 0 radical (unpaired) electrons. The lowest BCUT2D eigenvalue weighted by molar-refractivity contribution is 0.102. The minimum Gasteiger partial charge on any atom is -0.360 e. The SMILES string of the molecule is Cc1nc(C(=O)Nc2cc(C)on2)cc(N(C)CCc2ccncc2)n1. The molecule has 3 aromatic heterocycles. The molecule has 8 heteroatoms. The van der Waals surface area contributed by atoms with Crippen LogP contribution < -0.4 is 10.2 Å². The Balaban J connectivity index is 1.71. The average molecular weight is 352 g/mol. The summed E-state index contributed by atoms with van der Waals surface area (Å²) >= 11 is 0. The van der Waals surface area contributed by atoms with Crippen molar-refractivity contribution in [3.63, 3.8) is 0 Å². The van der Waals surface area contributed by atoms with E-state index in [1.807, 2.05) is 24.1 Å². The van der Waals surface area contributed by atoms with E-state index in [0.29, 0.717) is 23.2 Å². The molecule has 0 atom stereocenters. The molecule has 8 nitrogen and oxygen atoms in total. The van der Waals surface area contributed by atoms with E-state index in [9.17, 15) is 4.79 Å². The van der Waals surface area contributed by atoms with Crippen LogP contribution >= 0.6 is 0 Å². The van der Waals surface area contributed by atoms with E-state index in [-0.39, 0.29) is 11.6 Å². The number of rotatable bonds is 6. The smallest absolute Gasteiger partial charge is 0.275 e. The minimum absolute atomic E-state index is 0.281. The Kier molecular flexibility index (Phi) is 5.21. The number of pyridine rings is 1. The molecule has 134 valence electrons. The van der Waals surface area contributed by atoms with Gasteiger partial charge in [0.2, 0.25) is 0 Å². The summed E-state index contributed by atoms with van der Waals surface area (Å²) in [4.78, 5) is 27.1. The Labute approximate surface area is 151 Å². The standard InChI is InChI=1S/C18H20N6O2/c1-12-10-16(23-26-12)22-18(25)15-11-17(21-13(2)20-15)24(3)9-6-14-4-7-19-8-5-14/h4-5,7-8,10-11H,6,9H2,1-3H3,(H,22,23,25). The van der Waals surface area contributed by atoms with E-state index in [4.69, 9.17) is 4.52 Å². The number of likely N-dealkylation sites (N-methyl/N-ethyl adjacent to an activating group) is 1. The van der Waals surface area contributed by atoms with Gasteiger partial charge in [0.25, 0.3) is 5.91 Å². The third-order valence-corrected chi connectivity index (χ3v) is 3.80. The van der Waals surface area contributed by atoms with Crippen molar-refractivity contribution in [1.29, 1.82) is 0 Å². The van der Waals surface area contributed by atoms with Gasteiger partial charge in [0, 0.05) is 38.1 Å². The summed E-state index contributed by atoms with van der Waals surface area (Å²) in [6, 6.07) is 7.28. The van der Waals surface area contributed by atoms with E-state index in [1.165, 1.54) is 5.56 Å². The van der Waals surface area contributed by atoms with Crippen LogP contribution in [0.25, 0.3) is 0 Å². The van der Waals surface area contributed by atoms with Crippen LogP contribution in [0.15, 0.2) is 41.2 Å². The van der Waals surface area contributed by atoms with Gasteiger partial charge in [-0.3, -0.25) is 9.78 Å². The van der Waals surface area contributed by atoms with Crippen LogP contribution in [0.4, 0.5) is 11.6 Å². The van der Waals surface area contributed by atoms with Crippen LogP contribution in [0.2, 0.25) is 0 Å². The summed E-state index contributed by atoms with van der Waals surface area (Å²) in [5.74, 6) is 1.84. The monoisotopic (exact) mass is 352 g/mol. The number of nitrogens with one attached hydrogen (secondary N) is 1. The van der Waals surface area contributed by atoms with Crippen molar-refractivity contribution in [2.75, 3.05) is 23.8 Å². The molecule has 3 heterocycles. The molecule has 0 bridgehead atoms. The van der Waals surface area contributed by atoms with E-state index >= 15 is 0 Å². The van der Waals surface area contributed by atoms with Gasteiger partial charge in [0.15, 0.2) is 5.82 Å². The molecule has 0 unspecified atom stereocenters. The molecule has 0 saturated heterocycles. The molecule has 1 N–H and O–H groups in total. The maximum atomic E-state index is 12.4. The van der Waals surface area contributed by atoms with Gasteiger partial charge in [-0.05, 0) is 38.0 Å². The average Bonchev–Trinajstić information content (AvgIpc) is 3.04. The summed E-state index contributed by atoms with van der Waals surface area (Å²) in [6.45, 7) is 4.27. The molecule has 0 aliphatic carbocycles. The first-order chi connectivity index (χ1) is 12.5. The Morgan fingerprint density at radius 3 is 2.65 bits per heavy atom. The summed E-state index contributed by atoms with van der Waals surface area (Å²) in [6.07, 6.45) is 4.40. The number of amides is 1. The van der Waals surface area contributed by atoms with E-state index in [1.54, 1.807) is 38.4 Å². The Morgan fingerprint density at radius 2 is 1.96 bits per heavy atom. The van der Waals surface area contributed by atoms with E-state index in [0.717, 1.165) is 13.0 Å². The van der Waals surface area contributed by atoms with Gasteiger partial charge >= 0.3 is 0 Å². The highest BCUT2D eigenvalue weighted by molar-refractivity contribution is 6.02. The zero-order chi connectivity index (χ0) is 18.5. The molecule has 0 aliphatic heterocycles. The topological polar surface area (TPSA) is 97.0 Å². The van der Waals surface area contributed by atoms with Crippen LogP contribution in [0, 0.1) is 13.8 Å². The summed E-state index contributed by atoms with van der Waals surface area (Å²) in [5, 5.41) is 6.43. The largest absolute Gasteiger partial charge is 0.360 e. The summed E-state index contributed by atoms with van der Waals surface area (Å²) < 4.78 is 4.95. The van der Waals surface area contributed by atoms with Gasteiger partial charge in [-0.2, -0.15) is 0 Å². The minimum atomic E-state index is -0.354. The van der Waals surface area contributed by atoms with Crippen LogP contribution in [0.1, 0.15) is 27.6 Å². The molecule has 0 aliphatic rings. The van der Waals surface area contributed by atoms with Gasteiger partial charge in [-0.15, -0.1) is 0 Å². The molecule has 1 amide bonds. The summed E-state index contributed by atoms with van der Waals surface area (Å²) in [5.41, 5.74) is 1.47. The zero-order valence-electron chi connectivity index (χ0n) is 14.9. The van der Waals surface area contributed by atoms with Crippen LogP contribution in [-0.4, -0.2) is 39.6 Å². The maximum Gasteiger partial charge on any atom is 0.275 e. The summed E-state index contributed by atoms with van der Waals surface area (Å²) in [7, 11) is 1.94. The van der Waals surface area contributed by atoms with Crippen molar-refractivity contribution in [2.24, 2.45) is 0 Å². The van der Waals surface area contributed by atoms with Gasteiger partial charge in [-0.1, -0.05) is 5.16 Å². The molecule has 0 fully saturated rings. The first-order valence-electron chi connectivity index (χ1n) is 8.21. The Bertz CT molecular complexity index is 894. The Morgan fingerprint density at radius 1 is 1.19 bits per heavy atom. The lowest BCUT2D eigenvalue weighted by Crippen LogP contribution is -2.23. The molecular weight excluding hydrogens is 332 g/mol. The number of carbonyl (C=O) groups excluding carboxylic acids is 1. The highest BCUT2D eigenvalue weighted by Crippen LogP contribution is 2.14. The highest BCUT2D eigenvalue weighted by atomic mass is 16.5. The normalized spacial score (nSPS) is 10.6. The van der Waals surface area contributed by atoms with Gasteiger partial charge < -0.3 is 14.7 Å². The number of nitrogens with zero attached hydrogens (tertiary/aromatic N) is 5. The van der Waals surface area contributed by atoms with Crippen molar-refractivity contribution < 1.29 is 9.32 Å². The number of carbonyl (C=O) groups is 1. The van der Waals surface area contributed by atoms with E-state index < -0.39 is 0 Å². The molecule has 0 aromatic carbocycles. The molecule has 0 spiro atoms. The molecular formula is C18H20N6O2. The first kappa shape index (κ1) is 17.5. The van der Waals surface area contributed by atoms with Crippen molar-refractivity contribution in [3.8, 4) is 0 Å². The Hall–Kier alpha value is -3.29. The van der Waals surface area contributed by atoms with Gasteiger partial charge in [0.1, 0.15) is 23.1 Å². The highest BCUT2D eigenvalue weighted by Gasteiger charge is 2.14.